The van der Waals surface area contributed by atoms with Crippen molar-refractivity contribution in [2.24, 2.45) is 0 Å². The average molecular weight is 217 g/mol. The molecule has 1 aliphatic rings. The molecule has 0 aliphatic carbocycles. The van der Waals surface area contributed by atoms with Crippen LogP contribution in [-0.2, 0) is 14.3 Å². The number of hydrogen-bond donors (Lipinski definition) is 0. The maximum Gasteiger partial charge on any atom is 0.325 e. The highest BCUT2D eigenvalue weighted by Gasteiger charge is 2.26. The zero-order valence-corrected chi connectivity index (χ0v) is 9.30. The van der Waals surface area contributed by atoms with Gasteiger partial charge in [-0.15, -0.1) is 11.8 Å². The Bertz CT molecular complexity index is 226. The van der Waals surface area contributed by atoms with Crippen molar-refractivity contribution in [3.63, 3.8) is 0 Å². The minimum Gasteiger partial charge on any atom is -0.468 e. The summed E-state index contributed by atoms with van der Waals surface area (Å²) in [6.07, 6.45) is 2.02. The molecule has 0 aromatic carbocycles. The lowest BCUT2D eigenvalue weighted by Gasteiger charge is -2.18. The molecule has 0 radical (unpaired) electrons. The minimum atomic E-state index is -0.371. The van der Waals surface area contributed by atoms with Crippen molar-refractivity contribution >= 4 is 23.6 Å². The number of thioether (sulfide) groups is 1. The summed E-state index contributed by atoms with van der Waals surface area (Å²) in [4.78, 5) is 24.1. The summed E-state index contributed by atoms with van der Waals surface area (Å²) >= 11 is 1.67. The van der Waals surface area contributed by atoms with Crippen LogP contribution in [0.2, 0.25) is 0 Å². The van der Waals surface area contributed by atoms with Crippen LogP contribution in [0.5, 0.6) is 0 Å². The van der Waals surface area contributed by atoms with Gasteiger partial charge in [0.2, 0.25) is 5.91 Å². The van der Waals surface area contributed by atoms with Gasteiger partial charge in [-0.3, -0.25) is 9.59 Å². The van der Waals surface area contributed by atoms with E-state index >= 15 is 0 Å². The Morgan fingerprint density at radius 2 is 2.29 bits per heavy atom. The van der Waals surface area contributed by atoms with E-state index < -0.39 is 0 Å². The summed E-state index contributed by atoms with van der Waals surface area (Å²) in [7, 11) is 2.96. The molecule has 1 fully saturated rings. The van der Waals surface area contributed by atoms with Crippen LogP contribution in [0.1, 0.15) is 12.8 Å². The normalized spacial score (nSPS) is 20.6. The summed E-state index contributed by atoms with van der Waals surface area (Å²) < 4.78 is 4.49. The second-order valence-corrected chi connectivity index (χ2v) is 4.58. The van der Waals surface area contributed by atoms with Crippen molar-refractivity contribution < 1.29 is 14.3 Å². The number of ether oxygens (including phenoxy) is 1. The molecule has 4 nitrogen and oxygen atoms in total. The quantitative estimate of drug-likeness (QED) is 0.646. The molecule has 1 rings (SSSR count). The van der Waals surface area contributed by atoms with Crippen LogP contribution in [-0.4, -0.2) is 48.5 Å². The average Bonchev–Trinajstić information content (AvgIpc) is 2.69. The van der Waals surface area contributed by atoms with Crippen LogP contribution < -0.4 is 0 Å². The fraction of sp³-hybridized carbons (Fsp3) is 0.778. The number of rotatable bonds is 3. The molecule has 0 saturated carbocycles. The Morgan fingerprint density at radius 1 is 1.57 bits per heavy atom. The van der Waals surface area contributed by atoms with Gasteiger partial charge in [-0.2, -0.15) is 0 Å². The van der Waals surface area contributed by atoms with Gasteiger partial charge < -0.3 is 9.64 Å². The molecular formula is C9H15NO3S. The molecule has 14 heavy (non-hydrogen) atoms. The van der Waals surface area contributed by atoms with Gasteiger partial charge >= 0.3 is 5.97 Å². The smallest absolute Gasteiger partial charge is 0.325 e. The summed E-state index contributed by atoms with van der Waals surface area (Å²) in [5.41, 5.74) is 0. The predicted octanol–water partition coefficient (Wildman–Crippen LogP) is 0.513. The Morgan fingerprint density at radius 3 is 2.79 bits per heavy atom. The van der Waals surface area contributed by atoms with E-state index in [4.69, 9.17) is 0 Å². The Hall–Kier alpha value is -0.710. The van der Waals surface area contributed by atoms with E-state index in [1.54, 1.807) is 18.8 Å². The van der Waals surface area contributed by atoms with Crippen LogP contribution >= 0.6 is 11.8 Å². The van der Waals surface area contributed by atoms with Crippen LogP contribution in [0, 0.1) is 0 Å². The maximum absolute atomic E-state index is 11.7. The van der Waals surface area contributed by atoms with Gasteiger partial charge in [-0.25, -0.2) is 0 Å². The zero-order valence-electron chi connectivity index (χ0n) is 8.49. The first-order chi connectivity index (χ1) is 6.65. The summed E-state index contributed by atoms with van der Waals surface area (Å²) in [5, 5.41) is 0.0460. The highest BCUT2D eigenvalue weighted by atomic mass is 32.2. The first kappa shape index (κ1) is 11.4. The molecule has 1 atom stereocenters. The highest BCUT2D eigenvalue weighted by Crippen LogP contribution is 2.27. The van der Waals surface area contributed by atoms with E-state index in [1.165, 1.54) is 12.0 Å². The van der Waals surface area contributed by atoms with Crippen molar-refractivity contribution in [2.45, 2.75) is 18.1 Å². The molecule has 1 saturated heterocycles. The standard InChI is InChI=1S/C9H15NO3S/c1-10(6-8(11)13-2)9(12)7-4-3-5-14-7/h7H,3-6H2,1-2H3. The molecule has 0 aromatic heterocycles. The summed E-state index contributed by atoms with van der Waals surface area (Å²) in [5.74, 6) is 0.712. The highest BCUT2D eigenvalue weighted by molar-refractivity contribution is 8.00. The molecule has 0 aromatic rings. The van der Waals surface area contributed by atoms with Gasteiger partial charge in [0.05, 0.1) is 12.4 Å². The molecule has 1 heterocycles. The van der Waals surface area contributed by atoms with E-state index in [2.05, 4.69) is 4.74 Å². The van der Waals surface area contributed by atoms with Crippen LogP contribution in [0.4, 0.5) is 0 Å². The number of hydrogen-bond acceptors (Lipinski definition) is 4. The number of methoxy groups -OCH3 is 1. The van der Waals surface area contributed by atoms with E-state index in [9.17, 15) is 9.59 Å². The zero-order chi connectivity index (χ0) is 10.6. The molecule has 0 spiro atoms. The minimum absolute atomic E-state index is 0.0397. The number of carbonyl (C=O) groups is 2. The Labute approximate surface area is 88.0 Å². The lowest BCUT2D eigenvalue weighted by molar-refractivity contribution is -0.145. The second kappa shape index (κ2) is 5.24. The first-order valence-corrected chi connectivity index (χ1v) is 5.63. The lowest BCUT2D eigenvalue weighted by atomic mass is 10.2. The monoisotopic (exact) mass is 217 g/mol. The van der Waals surface area contributed by atoms with Crippen molar-refractivity contribution in [3.8, 4) is 0 Å². The molecule has 80 valence electrons. The van der Waals surface area contributed by atoms with Gasteiger partial charge in [0.25, 0.3) is 0 Å². The van der Waals surface area contributed by atoms with Gasteiger partial charge in [0.1, 0.15) is 6.54 Å². The number of likely N-dealkylation sites (N-methyl/N-ethyl adjacent to an activating group) is 1. The first-order valence-electron chi connectivity index (χ1n) is 4.58. The van der Waals surface area contributed by atoms with Gasteiger partial charge in [0.15, 0.2) is 0 Å². The van der Waals surface area contributed by atoms with Crippen LogP contribution in [0.15, 0.2) is 0 Å². The number of carbonyl (C=O) groups excluding carboxylic acids is 2. The lowest BCUT2D eigenvalue weighted by Crippen LogP contribution is -2.37. The summed E-state index contributed by atoms with van der Waals surface area (Å²) in [6.45, 7) is 0.0480. The van der Waals surface area contributed by atoms with E-state index in [0.29, 0.717) is 0 Å². The Balaban J connectivity index is 2.39. The Kier molecular flexibility index (Phi) is 4.25. The molecule has 1 unspecified atom stereocenters. The van der Waals surface area contributed by atoms with Gasteiger partial charge in [0, 0.05) is 7.05 Å². The molecule has 0 bridgehead atoms. The molecular weight excluding hydrogens is 202 g/mol. The molecule has 1 amide bonds. The SMILES string of the molecule is COC(=O)CN(C)C(=O)C1CCCS1. The van der Waals surface area contributed by atoms with Gasteiger partial charge in [-0.05, 0) is 18.6 Å². The van der Waals surface area contributed by atoms with Crippen LogP contribution in [0.25, 0.3) is 0 Å². The van der Waals surface area contributed by atoms with Crippen molar-refractivity contribution in [3.05, 3.63) is 0 Å². The maximum atomic E-state index is 11.7. The largest absolute Gasteiger partial charge is 0.468 e. The molecule has 0 N–H and O–H groups in total. The third-order valence-corrected chi connectivity index (χ3v) is 3.54. The number of esters is 1. The summed E-state index contributed by atoms with van der Waals surface area (Å²) in [6, 6.07) is 0. The van der Waals surface area contributed by atoms with E-state index in [1.807, 2.05) is 0 Å². The third kappa shape index (κ3) is 2.90. The third-order valence-electron chi connectivity index (χ3n) is 2.18. The fourth-order valence-corrected chi connectivity index (χ4v) is 2.63. The number of nitrogens with zero attached hydrogens (tertiary/aromatic N) is 1. The predicted molar refractivity (Wildman–Crippen MR) is 55.1 cm³/mol. The van der Waals surface area contributed by atoms with Crippen molar-refractivity contribution in [2.75, 3.05) is 26.5 Å². The van der Waals surface area contributed by atoms with Gasteiger partial charge in [-0.1, -0.05) is 0 Å². The molecule has 1 aliphatic heterocycles. The second-order valence-electron chi connectivity index (χ2n) is 3.27. The molecule has 5 heteroatoms. The number of amides is 1. The van der Waals surface area contributed by atoms with Crippen molar-refractivity contribution in [1.82, 2.24) is 4.90 Å². The van der Waals surface area contributed by atoms with Crippen molar-refractivity contribution in [1.29, 1.82) is 0 Å². The van der Waals surface area contributed by atoms with E-state index in [0.717, 1.165) is 18.6 Å². The topological polar surface area (TPSA) is 46.6 Å². The van der Waals surface area contributed by atoms with Crippen LogP contribution in [0.3, 0.4) is 0 Å². The van der Waals surface area contributed by atoms with E-state index in [-0.39, 0.29) is 23.7 Å². The fourth-order valence-electron chi connectivity index (χ4n) is 1.35.